The number of halogens is 1. The lowest BCUT2D eigenvalue weighted by Crippen LogP contribution is -2.50. The van der Waals surface area contributed by atoms with E-state index in [1.54, 1.807) is 12.1 Å². The number of piperazine rings is 1. The largest absolute Gasteiger partial charge is 0.282 e. The highest BCUT2D eigenvalue weighted by Gasteiger charge is 2.30. The molecule has 1 saturated heterocycles. The second-order valence-electron chi connectivity index (χ2n) is 6.57. The first kappa shape index (κ1) is 19.5. The molecule has 0 aromatic heterocycles. The highest BCUT2D eigenvalue weighted by molar-refractivity contribution is 7.89. The van der Waals surface area contributed by atoms with Crippen LogP contribution in [0.5, 0.6) is 0 Å². The molecule has 0 N–H and O–H groups in total. The monoisotopic (exact) mass is 387 g/mol. The van der Waals surface area contributed by atoms with E-state index in [2.05, 4.69) is 6.07 Å². The van der Waals surface area contributed by atoms with Gasteiger partial charge in [0, 0.05) is 26.2 Å². The Hall–Kier alpha value is -2.27. The van der Waals surface area contributed by atoms with Crippen LogP contribution in [0.25, 0.3) is 0 Å². The van der Waals surface area contributed by atoms with Gasteiger partial charge in [-0.3, -0.25) is 4.90 Å². The summed E-state index contributed by atoms with van der Waals surface area (Å²) in [6.45, 7) is 1.66. The summed E-state index contributed by atoms with van der Waals surface area (Å²) in [5, 5.41) is 9.52. The SMILES string of the molecule is N#CC(c1ccc(F)cc1)N1CCN(S(=O)(=O)CCc2ccccc2)CC1. The van der Waals surface area contributed by atoms with Crippen LogP contribution in [0.1, 0.15) is 17.2 Å². The minimum Gasteiger partial charge on any atom is -0.282 e. The predicted molar refractivity (Wildman–Crippen MR) is 102 cm³/mol. The minimum absolute atomic E-state index is 0.0800. The van der Waals surface area contributed by atoms with E-state index in [9.17, 15) is 18.1 Å². The quantitative estimate of drug-likeness (QED) is 0.764. The van der Waals surface area contributed by atoms with Gasteiger partial charge in [0.15, 0.2) is 0 Å². The van der Waals surface area contributed by atoms with Crippen molar-refractivity contribution in [3.05, 3.63) is 71.5 Å². The van der Waals surface area contributed by atoms with Crippen molar-refractivity contribution in [1.29, 1.82) is 5.26 Å². The van der Waals surface area contributed by atoms with Crippen LogP contribution in [-0.2, 0) is 16.4 Å². The van der Waals surface area contributed by atoms with Crippen molar-refractivity contribution in [3.63, 3.8) is 0 Å². The average molecular weight is 387 g/mol. The van der Waals surface area contributed by atoms with Gasteiger partial charge in [-0.05, 0) is 29.7 Å². The maximum Gasteiger partial charge on any atom is 0.214 e. The zero-order valence-corrected chi connectivity index (χ0v) is 15.8. The van der Waals surface area contributed by atoms with Gasteiger partial charge in [0.05, 0.1) is 11.8 Å². The van der Waals surface area contributed by atoms with Crippen LogP contribution in [0.15, 0.2) is 54.6 Å². The van der Waals surface area contributed by atoms with Crippen LogP contribution in [-0.4, -0.2) is 49.6 Å². The Kier molecular flexibility index (Phi) is 6.22. The van der Waals surface area contributed by atoms with E-state index in [-0.39, 0.29) is 11.6 Å². The summed E-state index contributed by atoms with van der Waals surface area (Å²) in [7, 11) is -3.33. The molecular formula is C20H22FN3O2S. The first-order chi connectivity index (χ1) is 13.0. The van der Waals surface area contributed by atoms with E-state index in [0.29, 0.717) is 32.6 Å². The minimum atomic E-state index is -3.33. The summed E-state index contributed by atoms with van der Waals surface area (Å²) in [5.74, 6) is -0.263. The third kappa shape index (κ3) is 4.92. The first-order valence-corrected chi connectivity index (χ1v) is 10.5. The number of nitrogens with zero attached hydrogens (tertiary/aromatic N) is 3. The van der Waals surface area contributed by atoms with Crippen LogP contribution < -0.4 is 0 Å². The third-order valence-electron chi connectivity index (χ3n) is 4.83. The fraction of sp³-hybridized carbons (Fsp3) is 0.350. The fourth-order valence-corrected chi connectivity index (χ4v) is 4.74. The molecule has 27 heavy (non-hydrogen) atoms. The second kappa shape index (κ2) is 8.61. The third-order valence-corrected chi connectivity index (χ3v) is 6.70. The number of aryl methyl sites for hydroxylation is 1. The molecule has 1 aliphatic rings. The van der Waals surface area contributed by atoms with Crippen LogP contribution in [0.3, 0.4) is 0 Å². The van der Waals surface area contributed by atoms with E-state index in [1.165, 1.54) is 16.4 Å². The molecule has 1 unspecified atom stereocenters. The van der Waals surface area contributed by atoms with Crippen molar-refractivity contribution >= 4 is 10.0 Å². The van der Waals surface area contributed by atoms with Gasteiger partial charge < -0.3 is 0 Å². The topological polar surface area (TPSA) is 64.4 Å². The molecule has 1 aliphatic heterocycles. The number of nitriles is 1. The number of benzene rings is 2. The lowest BCUT2D eigenvalue weighted by Gasteiger charge is -2.36. The Morgan fingerprint density at radius 1 is 1.00 bits per heavy atom. The lowest BCUT2D eigenvalue weighted by atomic mass is 10.1. The number of rotatable bonds is 6. The van der Waals surface area contributed by atoms with Crippen molar-refractivity contribution in [3.8, 4) is 6.07 Å². The van der Waals surface area contributed by atoms with Crippen LogP contribution in [0, 0.1) is 17.1 Å². The summed E-state index contributed by atoms with van der Waals surface area (Å²) < 4.78 is 39.8. The van der Waals surface area contributed by atoms with E-state index in [4.69, 9.17) is 0 Å². The molecule has 0 amide bonds. The predicted octanol–water partition coefficient (Wildman–Crippen LogP) is 2.58. The van der Waals surface area contributed by atoms with E-state index in [1.807, 2.05) is 35.2 Å². The molecule has 1 heterocycles. The number of hydrogen-bond donors (Lipinski definition) is 0. The zero-order chi connectivity index (χ0) is 19.3. The van der Waals surface area contributed by atoms with Gasteiger partial charge in [-0.15, -0.1) is 0 Å². The van der Waals surface area contributed by atoms with Crippen LogP contribution in [0.2, 0.25) is 0 Å². The molecule has 2 aromatic carbocycles. The fourth-order valence-electron chi connectivity index (χ4n) is 3.27. The van der Waals surface area contributed by atoms with E-state index < -0.39 is 16.1 Å². The number of sulfonamides is 1. The Labute approximate surface area is 159 Å². The molecule has 5 nitrogen and oxygen atoms in total. The average Bonchev–Trinajstić information content (AvgIpc) is 2.70. The molecule has 0 aliphatic carbocycles. The summed E-state index contributed by atoms with van der Waals surface area (Å²) in [4.78, 5) is 1.94. The van der Waals surface area contributed by atoms with Gasteiger partial charge in [0.1, 0.15) is 11.9 Å². The van der Waals surface area contributed by atoms with Crippen molar-refractivity contribution in [1.82, 2.24) is 9.21 Å². The van der Waals surface area contributed by atoms with Gasteiger partial charge >= 0.3 is 0 Å². The highest BCUT2D eigenvalue weighted by Crippen LogP contribution is 2.23. The van der Waals surface area contributed by atoms with Crippen LogP contribution >= 0.6 is 0 Å². The maximum absolute atomic E-state index is 13.1. The molecule has 0 bridgehead atoms. The summed E-state index contributed by atoms with van der Waals surface area (Å²) in [6, 6.07) is 17.2. The summed E-state index contributed by atoms with van der Waals surface area (Å²) >= 11 is 0. The Morgan fingerprint density at radius 2 is 1.63 bits per heavy atom. The molecule has 1 fully saturated rings. The zero-order valence-electron chi connectivity index (χ0n) is 15.0. The molecule has 0 radical (unpaired) electrons. The molecule has 1 atom stereocenters. The van der Waals surface area contributed by atoms with Gasteiger partial charge in [-0.1, -0.05) is 42.5 Å². The van der Waals surface area contributed by atoms with Crippen molar-refractivity contribution in [2.24, 2.45) is 0 Å². The first-order valence-electron chi connectivity index (χ1n) is 8.90. The molecule has 142 valence electrons. The molecule has 0 saturated carbocycles. The normalized spacial score (nSPS) is 17.3. The molecule has 0 spiro atoms. The van der Waals surface area contributed by atoms with Crippen LogP contribution in [0.4, 0.5) is 4.39 Å². The van der Waals surface area contributed by atoms with Crippen molar-refractivity contribution in [2.75, 3.05) is 31.9 Å². The van der Waals surface area contributed by atoms with E-state index >= 15 is 0 Å². The Morgan fingerprint density at radius 3 is 2.22 bits per heavy atom. The molecule has 7 heteroatoms. The van der Waals surface area contributed by atoms with Crippen molar-refractivity contribution < 1.29 is 12.8 Å². The standard InChI is InChI=1S/C20H22FN3O2S/c21-19-8-6-18(7-9-19)20(16-22)23-11-13-24(14-12-23)27(25,26)15-10-17-4-2-1-3-5-17/h1-9,20H,10-15H2. The summed E-state index contributed by atoms with van der Waals surface area (Å²) in [5.41, 5.74) is 1.72. The van der Waals surface area contributed by atoms with Gasteiger partial charge in [-0.25, -0.2) is 12.8 Å². The number of hydrogen-bond acceptors (Lipinski definition) is 4. The van der Waals surface area contributed by atoms with E-state index in [0.717, 1.165) is 11.1 Å². The van der Waals surface area contributed by atoms with Gasteiger partial charge in [0.25, 0.3) is 0 Å². The molecule has 2 aromatic rings. The molecule has 3 rings (SSSR count). The lowest BCUT2D eigenvalue weighted by molar-refractivity contribution is 0.162. The Balaban J connectivity index is 1.58. The molecular weight excluding hydrogens is 365 g/mol. The summed E-state index contributed by atoms with van der Waals surface area (Å²) in [6.07, 6.45) is 0.486. The van der Waals surface area contributed by atoms with Gasteiger partial charge in [0.2, 0.25) is 10.0 Å². The van der Waals surface area contributed by atoms with Crippen molar-refractivity contribution in [2.45, 2.75) is 12.5 Å². The Bertz CT molecular complexity index is 887. The highest BCUT2D eigenvalue weighted by atomic mass is 32.2. The second-order valence-corrected chi connectivity index (χ2v) is 8.66. The van der Waals surface area contributed by atoms with Gasteiger partial charge in [-0.2, -0.15) is 9.57 Å². The maximum atomic E-state index is 13.1. The smallest absolute Gasteiger partial charge is 0.214 e.